The van der Waals surface area contributed by atoms with Gasteiger partial charge in [-0.15, -0.1) is 0 Å². The van der Waals surface area contributed by atoms with Crippen LogP contribution in [-0.2, 0) is 6.54 Å². The Bertz CT molecular complexity index is 279. The number of nitrogens with zero attached hydrogens (tertiary/aromatic N) is 1. The maximum Gasteiger partial charge on any atom is 0.120 e. The zero-order valence-electron chi connectivity index (χ0n) is 7.66. The number of benzene rings is 1. The molecule has 69 valence electrons. The van der Waals surface area contributed by atoms with E-state index < -0.39 is 0 Å². The van der Waals surface area contributed by atoms with Gasteiger partial charge in [0.05, 0.1) is 0 Å². The van der Waals surface area contributed by atoms with E-state index in [2.05, 4.69) is 11.0 Å². The maximum atomic E-state index is 9.51. The van der Waals surface area contributed by atoms with Crippen LogP contribution in [0.2, 0.25) is 0 Å². The Hall–Kier alpha value is -1.02. The fraction of sp³-hybridized carbons (Fsp3) is 0.455. The van der Waals surface area contributed by atoms with Crippen molar-refractivity contribution in [2.24, 2.45) is 0 Å². The van der Waals surface area contributed by atoms with Crippen LogP contribution in [0.15, 0.2) is 18.2 Å². The molecule has 13 heavy (non-hydrogen) atoms. The van der Waals surface area contributed by atoms with Crippen molar-refractivity contribution < 1.29 is 5.11 Å². The van der Waals surface area contributed by atoms with Gasteiger partial charge in [-0.25, -0.2) is 0 Å². The van der Waals surface area contributed by atoms with E-state index in [-0.39, 0.29) is 0 Å². The summed E-state index contributed by atoms with van der Waals surface area (Å²) in [7, 11) is 0. The number of phenols is 1. The molecule has 1 heterocycles. The average molecular weight is 176 g/mol. The third-order valence-corrected chi connectivity index (χ3v) is 2.52. The fourth-order valence-corrected chi connectivity index (χ4v) is 1.77. The highest BCUT2D eigenvalue weighted by Gasteiger charge is 2.12. The maximum absolute atomic E-state index is 9.51. The second-order valence-corrected chi connectivity index (χ2v) is 3.54. The van der Waals surface area contributed by atoms with Gasteiger partial charge in [-0.2, -0.15) is 0 Å². The number of rotatable bonds is 2. The largest absolute Gasteiger partial charge is 0.508 e. The lowest BCUT2D eigenvalue weighted by atomic mass is 10.2. The molecule has 1 radical (unpaired) electrons. The molecule has 1 N–H and O–H groups in total. The van der Waals surface area contributed by atoms with Crippen molar-refractivity contribution in [1.29, 1.82) is 0 Å². The lowest BCUT2D eigenvalue weighted by Gasteiger charge is -2.14. The van der Waals surface area contributed by atoms with Gasteiger partial charge in [-0.05, 0) is 38.1 Å². The van der Waals surface area contributed by atoms with Crippen LogP contribution in [0.5, 0.6) is 5.75 Å². The fourth-order valence-electron chi connectivity index (χ4n) is 1.77. The molecular formula is C11H14NO. The number of likely N-dealkylation sites (tertiary alicyclic amines) is 1. The SMILES string of the molecule is Oc1c[c]ccc1CN1CCCC1. The van der Waals surface area contributed by atoms with Crippen LogP contribution in [-0.4, -0.2) is 23.1 Å². The van der Waals surface area contributed by atoms with Crippen LogP contribution >= 0.6 is 0 Å². The Morgan fingerprint density at radius 3 is 2.85 bits per heavy atom. The lowest BCUT2D eigenvalue weighted by molar-refractivity contribution is 0.324. The molecule has 0 aromatic heterocycles. The predicted molar refractivity (Wildman–Crippen MR) is 51.5 cm³/mol. The summed E-state index contributed by atoms with van der Waals surface area (Å²) in [5.41, 5.74) is 1.01. The van der Waals surface area contributed by atoms with Crippen LogP contribution in [0.25, 0.3) is 0 Å². The molecule has 0 atom stereocenters. The first-order valence-corrected chi connectivity index (χ1v) is 4.76. The van der Waals surface area contributed by atoms with Crippen LogP contribution in [0, 0.1) is 6.07 Å². The quantitative estimate of drug-likeness (QED) is 0.742. The highest BCUT2D eigenvalue weighted by molar-refractivity contribution is 5.30. The van der Waals surface area contributed by atoms with Gasteiger partial charge in [-0.3, -0.25) is 4.90 Å². The van der Waals surface area contributed by atoms with Gasteiger partial charge >= 0.3 is 0 Å². The topological polar surface area (TPSA) is 23.5 Å². The van der Waals surface area contributed by atoms with E-state index >= 15 is 0 Å². The molecule has 1 aromatic carbocycles. The molecule has 1 aromatic rings. The second-order valence-electron chi connectivity index (χ2n) is 3.54. The summed E-state index contributed by atoms with van der Waals surface area (Å²) in [6.45, 7) is 3.20. The van der Waals surface area contributed by atoms with Crippen LogP contribution < -0.4 is 0 Å². The van der Waals surface area contributed by atoms with E-state index in [9.17, 15) is 5.11 Å². The molecule has 0 spiro atoms. The van der Waals surface area contributed by atoms with E-state index in [1.165, 1.54) is 12.8 Å². The molecule has 0 amide bonds. The van der Waals surface area contributed by atoms with Gasteiger partial charge in [0.1, 0.15) is 5.75 Å². The second kappa shape index (κ2) is 3.79. The van der Waals surface area contributed by atoms with Gasteiger partial charge in [0.15, 0.2) is 0 Å². The van der Waals surface area contributed by atoms with Gasteiger partial charge < -0.3 is 5.11 Å². The molecule has 0 saturated carbocycles. The number of hydrogen-bond donors (Lipinski definition) is 1. The Morgan fingerprint density at radius 2 is 2.15 bits per heavy atom. The minimum atomic E-state index is 0.370. The molecule has 0 unspecified atom stereocenters. The molecule has 0 aliphatic carbocycles. The minimum Gasteiger partial charge on any atom is -0.508 e. The lowest BCUT2D eigenvalue weighted by Crippen LogP contribution is -2.18. The van der Waals surface area contributed by atoms with E-state index in [1.54, 1.807) is 6.07 Å². The molecule has 1 fully saturated rings. The molecule has 2 nitrogen and oxygen atoms in total. The van der Waals surface area contributed by atoms with Crippen molar-refractivity contribution in [2.45, 2.75) is 19.4 Å². The van der Waals surface area contributed by atoms with E-state index in [4.69, 9.17) is 0 Å². The monoisotopic (exact) mass is 176 g/mol. The van der Waals surface area contributed by atoms with Crippen LogP contribution in [0.4, 0.5) is 0 Å². The van der Waals surface area contributed by atoms with E-state index in [0.717, 1.165) is 25.2 Å². The van der Waals surface area contributed by atoms with Crippen LogP contribution in [0.3, 0.4) is 0 Å². The number of hydrogen-bond acceptors (Lipinski definition) is 2. The van der Waals surface area contributed by atoms with Crippen molar-refractivity contribution in [1.82, 2.24) is 4.90 Å². The van der Waals surface area contributed by atoms with Crippen molar-refractivity contribution in [2.75, 3.05) is 13.1 Å². The first kappa shape index (κ1) is 8.57. The smallest absolute Gasteiger partial charge is 0.120 e. The molecule has 0 bridgehead atoms. The van der Waals surface area contributed by atoms with Gasteiger partial charge in [0.25, 0.3) is 0 Å². The number of phenolic OH excluding ortho intramolecular Hbond substituents is 1. The average Bonchev–Trinajstić information content (AvgIpc) is 2.61. The molecular weight excluding hydrogens is 162 g/mol. The highest BCUT2D eigenvalue weighted by Crippen LogP contribution is 2.19. The van der Waals surface area contributed by atoms with Crippen LogP contribution in [0.1, 0.15) is 18.4 Å². The van der Waals surface area contributed by atoms with Crippen molar-refractivity contribution in [3.63, 3.8) is 0 Å². The molecule has 2 rings (SSSR count). The Morgan fingerprint density at radius 1 is 1.38 bits per heavy atom. The van der Waals surface area contributed by atoms with Crippen molar-refractivity contribution >= 4 is 0 Å². The summed E-state index contributed by atoms with van der Waals surface area (Å²) in [5, 5.41) is 9.51. The zero-order chi connectivity index (χ0) is 9.10. The summed E-state index contributed by atoms with van der Waals surface area (Å²) in [4.78, 5) is 2.37. The molecule has 1 saturated heterocycles. The van der Waals surface area contributed by atoms with Crippen molar-refractivity contribution in [3.8, 4) is 5.75 Å². The van der Waals surface area contributed by atoms with E-state index in [0.29, 0.717) is 5.75 Å². The van der Waals surface area contributed by atoms with Gasteiger partial charge in [-0.1, -0.05) is 12.1 Å². The normalized spacial score (nSPS) is 17.8. The summed E-state index contributed by atoms with van der Waals surface area (Å²) >= 11 is 0. The summed E-state index contributed by atoms with van der Waals surface area (Å²) in [6.07, 6.45) is 2.58. The third kappa shape index (κ3) is 2.01. The first-order valence-electron chi connectivity index (χ1n) is 4.76. The van der Waals surface area contributed by atoms with Gasteiger partial charge in [0, 0.05) is 12.1 Å². The number of aromatic hydroxyl groups is 1. The first-order chi connectivity index (χ1) is 6.36. The molecule has 1 aliphatic rings. The molecule has 2 heteroatoms. The zero-order valence-corrected chi connectivity index (χ0v) is 7.66. The minimum absolute atomic E-state index is 0.370. The Labute approximate surface area is 78.8 Å². The van der Waals surface area contributed by atoms with E-state index in [1.807, 2.05) is 12.1 Å². The molecule has 1 aliphatic heterocycles. The predicted octanol–water partition coefficient (Wildman–Crippen LogP) is 1.79. The summed E-state index contributed by atoms with van der Waals surface area (Å²) in [5.74, 6) is 0.370. The standard InChI is InChI=1S/C11H14NO/c13-11-6-2-1-5-10(11)9-12-7-3-4-8-12/h1,5-6,13H,3-4,7-9H2. The Balaban J connectivity index is 2.04. The highest BCUT2D eigenvalue weighted by atomic mass is 16.3. The summed E-state index contributed by atoms with van der Waals surface area (Å²) in [6, 6.07) is 8.28. The third-order valence-electron chi connectivity index (χ3n) is 2.52. The van der Waals surface area contributed by atoms with Gasteiger partial charge in [0.2, 0.25) is 0 Å². The summed E-state index contributed by atoms with van der Waals surface area (Å²) < 4.78 is 0. The van der Waals surface area contributed by atoms with Crippen molar-refractivity contribution in [3.05, 3.63) is 29.8 Å². The Kier molecular flexibility index (Phi) is 2.50.